The number of aromatic nitrogens is 3. The number of piperidine rings is 1. The van der Waals surface area contributed by atoms with Crippen LogP contribution in [0.5, 0.6) is 0 Å². The third-order valence-corrected chi connectivity index (χ3v) is 5.18. The topological polar surface area (TPSA) is 51.0 Å². The van der Waals surface area contributed by atoms with Crippen LogP contribution in [0.15, 0.2) is 41.8 Å². The van der Waals surface area contributed by atoms with Crippen LogP contribution in [0.1, 0.15) is 30.1 Å². The lowest BCUT2D eigenvalue weighted by Crippen LogP contribution is -2.38. The molecule has 1 fully saturated rings. The first-order valence-corrected chi connectivity index (χ1v) is 8.48. The van der Waals surface area contributed by atoms with Gasteiger partial charge in [-0.05, 0) is 24.8 Å². The van der Waals surface area contributed by atoms with Crippen molar-refractivity contribution in [3.63, 3.8) is 0 Å². The Morgan fingerprint density at radius 3 is 2.55 bits per heavy atom. The molecule has 0 saturated carbocycles. The Hall–Kier alpha value is -1.82. The number of hydrogen-bond acceptors (Lipinski definition) is 4. The van der Waals surface area contributed by atoms with Crippen LogP contribution in [0.3, 0.4) is 0 Å². The van der Waals surface area contributed by atoms with Gasteiger partial charge in [0, 0.05) is 20.1 Å². The van der Waals surface area contributed by atoms with E-state index in [0.29, 0.717) is 0 Å². The summed E-state index contributed by atoms with van der Waals surface area (Å²) < 4.78 is 1.85. The standard InChI is InChI=1S/C16H20N4OS/c1-19-12-17-18-16(19)22-14(13-8-4-2-5-9-13)15(21)20-10-6-3-7-11-20/h2,4-5,8-9,12,14H,3,6-7,10-11H2,1H3. The van der Waals surface area contributed by atoms with Gasteiger partial charge in [0.15, 0.2) is 5.16 Å². The van der Waals surface area contributed by atoms with Gasteiger partial charge >= 0.3 is 0 Å². The molecule has 0 spiro atoms. The number of carbonyl (C=O) groups is 1. The van der Waals surface area contributed by atoms with Crippen LogP contribution < -0.4 is 0 Å². The van der Waals surface area contributed by atoms with Crippen molar-refractivity contribution >= 4 is 17.7 Å². The van der Waals surface area contributed by atoms with Gasteiger partial charge in [0.25, 0.3) is 0 Å². The van der Waals surface area contributed by atoms with Crippen molar-refractivity contribution < 1.29 is 4.79 Å². The molecule has 0 aliphatic carbocycles. The van der Waals surface area contributed by atoms with E-state index in [4.69, 9.17) is 0 Å². The first-order valence-electron chi connectivity index (χ1n) is 7.60. The fraction of sp³-hybridized carbons (Fsp3) is 0.438. The Balaban J connectivity index is 1.85. The molecule has 1 amide bonds. The molecule has 1 aliphatic heterocycles. The average molecular weight is 316 g/mol. The first kappa shape index (κ1) is 15.1. The Kier molecular flexibility index (Phi) is 4.77. The Labute approximate surface area is 134 Å². The van der Waals surface area contributed by atoms with E-state index in [1.807, 2.05) is 46.8 Å². The highest BCUT2D eigenvalue weighted by Gasteiger charge is 2.29. The van der Waals surface area contributed by atoms with Gasteiger partial charge < -0.3 is 9.47 Å². The largest absolute Gasteiger partial charge is 0.341 e. The zero-order chi connectivity index (χ0) is 15.4. The van der Waals surface area contributed by atoms with E-state index in [1.165, 1.54) is 18.2 Å². The molecule has 22 heavy (non-hydrogen) atoms. The minimum Gasteiger partial charge on any atom is -0.341 e. The molecule has 1 aliphatic rings. The van der Waals surface area contributed by atoms with Gasteiger partial charge in [-0.3, -0.25) is 4.79 Å². The highest BCUT2D eigenvalue weighted by atomic mass is 32.2. The summed E-state index contributed by atoms with van der Waals surface area (Å²) >= 11 is 1.47. The normalized spacial score (nSPS) is 16.5. The zero-order valence-electron chi connectivity index (χ0n) is 12.7. The summed E-state index contributed by atoms with van der Waals surface area (Å²) in [5.74, 6) is 0.180. The van der Waals surface area contributed by atoms with E-state index in [9.17, 15) is 4.79 Å². The lowest BCUT2D eigenvalue weighted by Gasteiger charge is -2.30. The molecule has 6 heteroatoms. The van der Waals surface area contributed by atoms with Crippen molar-refractivity contribution in [2.45, 2.75) is 29.7 Å². The van der Waals surface area contributed by atoms with Crippen LogP contribution in [0, 0.1) is 0 Å². The van der Waals surface area contributed by atoms with Crippen molar-refractivity contribution in [3.8, 4) is 0 Å². The number of hydrogen-bond donors (Lipinski definition) is 0. The number of amides is 1. The Morgan fingerprint density at radius 1 is 1.18 bits per heavy atom. The summed E-state index contributed by atoms with van der Waals surface area (Å²) in [5.41, 5.74) is 1.02. The number of aryl methyl sites for hydroxylation is 1. The smallest absolute Gasteiger partial charge is 0.240 e. The van der Waals surface area contributed by atoms with Crippen molar-refractivity contribution in [1.82, 2.24) is 19.7 Å². The van der Waals surface area contributed by atoms with E-state index >= 15 is 0 Å². The first-order chi connectivity index (χ1) is 10.8. The van der Waals surface area contributed by atoms with Crippen molar-refractivity contribution in [2.75, 3.05) is 13.1 Å². The predicted molar refractivity (Wildman–Crippen MR) is 86.5 cm³/mol. The summed E-state index contributed by atoms with van der Waals surface area (Å²) in [4.78, 5) is 15.0. The Morgan fingerprint density at radius 2 is 1.91 bits per heavy atom. The van der Waals surface area contributed by atoms with Crippen LogP contribution >= 0.6 is 11.8 Å². The molecule has 2 heterocycles. The minimum absolute atomic E-state index is 0.180. The molecule has 3 rings (SSSR count). The highest BCUT2D eigenvalue weighted by molar-refractivity contribution is 8.00. The van der Waals surface area contributed by atoms with E-state index in [2.05, 4.69) is 10.2 Å². The fourth-order valence-corrected chi connectivity index (χ4v) is 3.72. The number of likely N-dealkylation sites (tertiary alicyclic amines) is 1. The SMILES string of the molecule is Cn1cnnc1SC(C(=O)N1CCCCC1)c1ccccc1. The number of carbonyl (C=O) groups excluding carboxylic acids is 1. The van der Waals surface area contributed by atoms with Crippen molar-refractivity contribution in [2.24, 2.45) is 7.05 Å². The van der Waals surface area contributed by atoms with Gasteiger partial charge in [-0.2, -0.15) is 0 Å². The van der Waals surface area contributed by atoms with Crippen LogP contribution in [-0.4, -0.2) is 38.7 Å². The molecular formula is C16H20N4OS. The summed E-state index contributed by atoms with van der Waals surface area (Å²) in [6.45, 7) is 1.73. The molecule has 0 N–H and O–H groups in total. The second-order valence-corrected chi connectivity index (χ2v) is 6.59. The maximum absolute atomic E-state index is 13.0. The van der Waals surface area contributed by atoms with Crippen LogP contribution in [-0.2, 0) is 11.8 Å². The van der Waals surface area contributed by atoms with Crippen LogP contribution in [0.2, 0.25) is 0 Å². The summed E-state index contributed by atoms with van der Waals surface area (Å²) in [6.07, 6.45) is 5.08. The molecule has 1 unspecified atom stereocenters. The molecule has 1 saturated heterocycles. The van der Waals surface area contributed by atoms with E-state index in [1.54, 1.807) is 6.33 Å². The summed E-state index contributed by atoms with van der Waals surface area (Å²) in [6, 6.07) is 9.94. The van der Waals surface area contributed by atoms with Crippen LogP contribution in [0.25, 0.3) is 0 Å². The monoisotopic (exact) mass is 316 g/mol. The number of rotatable bonds is 4. The average Bonchev–Trinajstić information content (AvgIpc) is 2.98. The lowest BCUT2D eigenvalue weighted by molar-refractivity contribution is -0.131. The third kappa shape index (κ3) is 3.32. The lowest BCUT2D eigenvalue weighted by atomic mass is 10.1. The third-order valence-electron chi connectivity index (χ3n) is 3.89. The number of nitrogens with zero attached hydrogens (tertiary/aromatic N) is 4. The van der Waals surface area contributed by atoms with Crippen molar-refractivity contribution in [3.05, 3.63) is 42.2 Å². The van der Waals surface area contributed by atoms with Gasteiger partial charge in [0.1, 0.15) is 11.6 Å². The van der Waals surface area contributed by atoms with Gasteiger partial charge in [-0.1, -0.05) is 42.1 Å². The van der Waals surface area contributed by atoms with E-state index in [0.717, 1.165) is 36.7 Å². The second kappa shape index (κ2) is 6.96. The Bertz CT molecular complexity index is 622. The minimum atomic E-state index is -0.262. The molecule has 1 aromatic carbocycles. The van der Waals surface area contributed by atoms with E-state index in [-0.39, 0.29) is 11.2 Å². The number of benzene rings is 1. The molecule has 2 aromatic rings. The maximum Gasteiger partial charge on any atom is 0.240 e. The fourth-order valence-electron chi connectivity index (χ4n) is 2.65. The molecular weight excluding hydrogens is 296 g/mol. The quantitative estimate of drug-likeness (QED) is 0.814. The van der Waals surface area contributed by atoms with Crippen molar-refractivity contribution in [1.29, 1.82) is 0 Å². The molecule has 0 bridgehead atoms. The summed E-state index contributed by atoms with van der Waals surface area (Å²) in [5, 5.41) is 8.52. The molecule has 1 atom stereocenters. The highest BCUT2D eigenvalue weighted by Crippen LogP contribution is 2.35. The molecule has 5 nitrogen and oxygen atoms in total. The van der Waals surface area contributed by atoms with Gasteiger partial charge in [0.2, 0.25) is 5.91 Å². The van der Waals surface area contributed by atoms with Gasteiger partial charge in [-0.15, -0.1) is 10.2 Å². The molecule has 1 aromatic heterocycles. The van der Waals surface area contributed by atoms with E-state index < -0.39 is 0 Å². The summed E-state index contributed by atoms with van der Waals surface area (Å²) in [7, 11) is 1.90. The number of thioether (sulfide) groups is 1. The van der Waals surface area contributed by atoms with Gasteiger partial charge in [-0.25, -0.2) is 0 Å². The van der Waals surface area contributed by atoms with Crippen LogP contribution in [0.4, 0.5) is 0 Å². The molecule has 116 valence electrons. The maximum atomic E-state index is 13.0. The van der Waals surface area contributed by atoms with Gasteiger partial charge in [0.05, 0.1) is 0 Å². The molecule has 0 radical (unpaired) electrons. The predicted octanol–water partition coefficient (Wildman–Crippen LogP) is 2.66. The zero-order valence-corrected chi connectivity index (χ0v) is 13.5. The second-order valence-electron chi connectivity index (χ2n) is 5.52.